The van der Waals surface area contributed by atoms with Crippen LogP contribution in [0.15, 0.2) is 18.2 Å². The third-order valence-corrected chi connectivity index (χ3v) is 3.84. The quantitative estimate of drug-likeness (QED) is 0.860. The Labute approximate surface area is 113 Å². The number of carbonyl (C=O) groups is 1. The van der Waals surface area contributed by atoms with Gasteiger partial charge < -0.3 is 15.4 Å². The molecule has 2 heterocycles. The van der Waals surface area contributed by atoms with E-state index in [9.17, 15) is 4.79 Å². The monoisotopic (exact) mass is 260 g/mol. The summed E-state index contributed by atoms with van der Waals surface area (Å²) in [5, 5.41) is 6.34. The van der Waals surface area contributed by atoms with E-state index >= 15 is 0 Å². The summed E-state index contributed by atoms with van der Waals surface area (Å²) in [6, 6.07) is 6.53. The van der Waals surface area contributed by atoms with Crippen LogP contribution in [0.5, 0.6) is 5.75 Å². The van der Waals surface area contributed by atoms with Gasteiger partial charge in [0, 0.05) is 25.4 Å². The molecule has 1 unspecified atom stereocenters. The highest BCUT2D eigenvalue weighted by atomic mass is 16.5. The van der Waals surface area contributed by atoms with Crippen LogP contribution in [-0.2, 0) is 17.8 Å². The molecule has 1 fully saturated rings. The van der Waals surface area contributed by atoms with Crippen molar-refractivity contribution in [3.8, 4) is 5.75 Å². The second-order valence-electron chi connectivity index (χ2n) is 5.31. The minimum atomic E-state index is 0.135. The average molecular weight is 260 g/mol. The largest absolute Gasteiger partial charge is 0.493 e. The van der Waals surface area contributed by atoms with Crippen molar-refractivity contribution < 1.29 is 9.53 Å². The molecule has 3 rings (SSSR count). The Morgan fingerprint density at radius 2 is 2.42 bits per heavy atom. The lowest BCUT2D eigenvalue weighted by Gasteiger charge is -2.11. The normalized spacial score (nSPS) is 20.9. The van der Waals surface area contributed by atoms with Gasteiger partial charge in [-0.25, -0.2) is 0 Å². The van der Waals surface area contributed by atoms with E-state index < -0.39 is 0 Å². The second-order valence-corrected chi connectivity index (χ2v) is 5.31. The van der Waals surface area contributed by atoms with Crippen LogP contribution in [0.2, 0.25) is 0 Å². The Bertz CT molecular complexity index is 467. The third kappa shape index (κ3) is 3.07. The van der Waals surface area contributed by atoms with E-state index in [4.69, 9.17) is 4.74 Å². The molecular weight excluding hydrogens is 240 g/mol. The fraction of sp³-hybridized carbons (Fsp3) is 0.533. The maximum atomic E-state index is 11.8. The van der Waals surface area contributed by atoms with Crippen LogP contribution in [0, 0.1) is 0 Å². The molecule has 1 aromatic carbocycles. The summed E-state index contributed by atoms with van der Waals surface area (Å²) in [6.07, 6.45) is 3.86. The highest BCUT2D eigenvalue weighted by molar-refractivity contribution is 5.76. The molecule has 0 bridgehead atoms. The molecule has 0 saturated carbocycles. The van der Waals surface area contributed by atoms with E-state index in [0.29, 0.717) is 19.0 Å². The number of rotatable bonds is 4. The first-order valence-corrected chi connectivity index (χ1v) is 7.06. The number of ether oxygens (including phenoxy) is 1. The molecule has 1 saturated heterocycles. The lowest BCUT2D eigenvalue weighted by atomic mass is 10.1. The Morgan fingerprint density at radius 3 is 3.26 bits per heavy atom. The number of hydrogen-bond donors (Lipinski definition) is 2. The van der Waals surface area contributed by atoms with Crippen LogP contribution < -0.4 is 15.4 Å². The fourth-order valence-corrected chi connectivity index (χ4v) is 2.78. The fourth-order valence-electron chi connectivity index (χ4n) is 2.78. The summed E-state index contributed by atoms with van der Waals surface area (Å²) in [5.41, 5.74) is 2.40. The minimum Gasteiger partial charge on any atom is -0.493 e. The minimum absolute atomic E-state index is 0.135. The average Bonchev–Trinajstić information content (AvgIpc) is 3.06. The number of fused-ring (bicyclic) bond motifs is 1. The highest BCUT2D eigenvalue weighted by Gasteiger charge is 2.17. The zero-order valence-electron chi connectivity index (χ0n) is 11.1. The van der Waals surface area contributed by atoms with Gasteiger partial charge >= 0.3 is 0 Å². The van der Waals surface area contributed by atoms with Crippen molar-refractivity contribution in [1.29, 1.82) is 0 Å². The standard InChI is InChI=1S/C15H20N2O2/c18-15(9-13-2-1-6-16-13)17-10-11-3-4-14-12(8-11)5-7-19-14/h3-4,8,13,16H,1-2,5-7,9-10H2,(H,17,18). The first-order chi connectivity index (χ1) is 9.31. The lowest BCUT2D eigenvalue weighted by Crippen LogP contribution is -2.31. The summed E-state index contributed by atoms with van der Waals surface area (Å²) >= 11 is 0. The van der Waals surface area contributed by atoms with E-state index in [0.717, 1.165) is 37.3 Å². The zero-order chi connectivity index (χ0) is 13.1. The number of benzene rings is 1. The molecule has 0 aliphatic carbocycles. The Balaban J connectivity index is 1.50. The summed E-state index contributed by atoms with van der Waals surface area (Å²) in [5.74, 6) is 1.13. The second kappa shape index (κ2) is 5.61. The number of amides is 1. The van der Waals surface area contributed by atoms with Crippen LogP contribution in [0.1, 0.15) is 30.4 Å². The topological polar surface area (TPSA) is 50.4 Å². The van der Waals surface area contributed by atoms with E-state index in [1.165, 1.54) is 12.0 Å². The van der Waals surface area contributed by atoms with Gasteiger partial charge in [-0.2, -0.15) is 0 Å². The predicted octanol–water partition coefficient (Wildman–Crippen LogP) is 1.38. The molecule has 1 atom stereocenters. The number of hydrogen-bond acceptors (Lipinski definition) is 3. The first-order valence-electron chi connectivity index (χ1n) is 7.06. The molecule has 1 amide bonds. The Morgan fingerprint density at radius 1 is 1.47 bits per heavy atom. The van der Waals surface area contributed by atoms with Crippen molar-refractivity contribution in [2.45, 2.75) is 38.3 Å². The van der Waals surface area contributed by atoms with E-state index in [1.807, 2.05) is 12.1 Å². The molecule has 0 radical (unpaired) electrons. The molecule has 2 N–H and O–H groups in total. The van der Waals surface area contributed by atoms with Gasteiger partial charge in [-0.3, -0.25) is 4.79 Å². The molecule has 19 heavy (non-hydrogen) atoms. The van der Waals surface area contributed by atoms with Gasteiger partial charge in [0.2, 0.25) is 5.91 Å². The smallest absolute Gasteiger partial charge is 0.221 e. The lowest BCUT2D eigenvalue weighted by molar-refractivity contribution is -0.121. The highest BCUT2D eigenvalue weighted by Crippen LogP contribution is 2.25. The molecule has 0 aromatic heterocycles. The molecule has 0 spiro atoms. The van der Waals surface area contributed by atoms with Gasteiger partial charge in [0.1, 0.15) is 5.75 Å². The molecule has 1 aromatic rings. The van der Waals surface area contributed by atoms with Gasteiger partial charge in [-0.1, -0.05) is 12.1 Å². The Hall–Kier alpha value is -1.55. The van der Waals surface area contributed by atoms with Crippen molar-refractivity contribution in [2.24, 2.45) is 0 Å². The maximum absolute atomic E-state index is 11.8. The maximum Gasteiger partial charge on any atom is 0.221 e. The molecule has 2 aliphatic heterocycles. The zero-order valence-corrected chi connectivity index (χ0v) is 11.1. The number of nitrogens with one attached hydrogen (secondary N) is 2. The molecule has 102 valence electrons. The van der Waals surface area contributed by atoms with Gasteiger partial charge in [0.25, 0.3) is 0 Å². The van der Waals surface area contributed by atoms with E-state index in [-0.39, 0.29) is 5.91 Å². The van der Waals surface area contributed by atoms with Gasteiger partial charge in [0.15, 0.2) is 0 Å². The van der Waals surface area contributed by atoms with Gasteiger partial charge in [-0.15, -0.1) is 0 Å². The SMILES string of the molecule is O=C(CC1CCCN1)NCc1ccc2c(c1)CCO2. The summed E-state index contributed by atoms with van der Waals surface area (Å²) in [6.45, 7) is 2.43. The predicted molar refractivity (Wildman–Crippen MR) is 73.1 cm³/mol. The van der Waals surface area contributed by atoms with Crippen LogP contribution in [0.4, 0.5) is 0 Å². The first kappa shape index (κ1) is 12.5. The molecule has 4 heteroatoms. The Kier molecular flexibility index (Phi) is 3.69. The van der Waals surface area contributed by atoms with Crippen LogP contribution >= 0.6 is 0 Å². The van der Waals surface area contributed by atoms with Gasteiger partial charge in [0.05, 0.1) is 6.61 Å². The van der Waals surface area contributed by atoms with Crippen LogP contribution in [0.25, 0.3) is 0 Å². The van der Waals surface area contributed by atoms with Crippen molar-refractivity contribution in [3.05, 3.63) is 29.3 Å². The van der Waals surface area contributed by atoms with E-state index in [2.05, 4.69) is 16.7 Å². The van der Waals surface area contributed by atoms with E-state index in [1.54, 1.807) is 0 Å². The molecular formula is C15H20N2O2. The van der Waals surface area contributed by atoms with Crippen molar-refractivity contribution in [2.75, 3.05) is 13.2 Å². The molecule has 4 nitrogen and oxygen atoms in total. The van der Waals surface area contributed by atoms with Crippen LogP contribution in [0.3, 0.4) is 0 Å². The van der Waals surface area contributed by atoms with Crippen LogP contribution in [-0.4, -0.2) is 25.1 Å². The third-order valence-electron chi connectivity index (χ3n) is 3.84. The summed E-state index contributed by atoms with van der Waals surface area (Å²) in [7, 11) is 0. The van der Waals surface area contributed by atoms with Gasteiger partial charge in [-0.05, 0) is 36.6 Å². The summed E-state index contributed by atoms with van der Waals surface area (Å²) in [4.78, 5) is 11.8. The molecule has 2 aliphatic rings. The number of carbonyl (C=O) groups excluding carboxylic acids is 1. The van der Waals surface area contributed by atoms with Crippen molar-refractivity contribution in [1.82, 2.24) is 10.6 Å². The summed E-state index contributed by atoms with van der Waals surface area (Å²) < 4.78 is 5.47. The van der Waals surface area contributed by atoms with Crippen molar-refractivity contribution in [3.63, 3.8) is 0 Å². The van der Waals surface area contributed by atoms with Crippen molar-refractivity contribution >= 4 is 5.91 Å².